The number of rotatable bonds is 27. The lowest BCUT2D eigenvalue weighted by Gasteiger charge is -2.38. The molecule has 1 aromatic carbocycles. The Morgan fingerprint density at radius 2 is 1.49 bits per heavy atom. The molecule has 27 nitrogen and oxygen atoms in total. The third kappa shape index (κ3) is 22.8. The smallest absolute Gasteiger partial charge is 0.410 e. The van der Waals surface area contributed by atoms with Gasteiger partial charge >= 0.3 is 24.1 Å². The summed E-state index contributed by atoms with van der Waals surface area (Å²) < 4.78 is 29.2. The van der Waals surface area contributed by atoms with E-state index in [0.717, 1.165) is 4.90 Å². The van der Waals surface area contributed by atoms with E-state index in [1.807, 2.05) is 13.8 Å². The third-order valence-electron chi connectivity index (χ3n) is 16.1. The Morgan fingerprint density at radius 3 is 2.11 bits per heavy atom. The van der Waals surface area contributed by atoms with Crippen molar-refractivity contribution in [1.29, 1.82) is 0 Å². The first-order valence-electron chi connectivity index (χ1n) is 30.5. The summed E-state index contributed by atoms with van der Waals surface area (Å²) in [5.41, 5.74) is 4.00. The number of carbonyl (C=O) groups is 11. The fourth-order valence-corrected chi connectivity index (χ4v) is 10.5. The van der Waals surface area contributed by atoms with Crippen LogP contribution in [0, 0.1) is 11.8 Å². The molecule has 90 heavy (non-hydrogen) atoms. The zero-order chi connectivity index (χ0) is 66.6. The molecule has 9 N–H and O–H groups in total. The van der Waals surface area contributed by atoms with Crippen molar-refractivity contribution in [3.63, 3.8) is 0 Å². The number of unbranched alkanes of at least 4 members (excludes halogenated alkanes) is 2. The van der Waals surface area contributed by atoms with E-state index in [2.05, 4.69) is 21.3 Å². The molecule has 1 aromatic rings. The number of piperazine rings is 1. The number of imide groups is 1. The maximum atomic E-state index is 13.9. The van der Waals surface area contributed by atoms with Gasteiger partial charge in [-0.25, -0.2) is 9.59 Å². The van der Waals surface area contributed by atoms with E-state index in [1.54, 1.807) is 70.2 Å². The molecule has 2 saturated heterocycles. The largest absolute Gasteiger partial charge is 0.457 e. The zero-order valence-electron chi connectivity index (χ0n) is 52.8. The molecule has 0 bridgehead atoms. The van der Waals surface area contributed by atoms with Crippen LogP contribution < -0.4 is 27.0 Å². The molecule has 2 fully saturated rings. The second-order valence-corrected chi connectivity index (χ2v) is 24.0. The Kier molecular flexibility index (Phi) is 27.2. The van der Waals surface area contributed by atoms with Crippen molar-refractivity contribution in [2.75, 3.05) is 38.0 Å². The van der Waals surface area contributed by atoms with Gasteiger partial charge in [-0.2, -0.15) is 0 Å². The number of nitrogens with one attached hydrogen (secondary N) is 4. The van der Waals surface area contributed by atoms with Crippen molar-refractivity contribution < 1.29 is 91.7 Å². The Bertz CT molecular complexity index is 2850. The van der Waals surface area contributed by atoms with Crippen LogP contribution in [0.3, 0.4) is 0 Å². The van der Waals surface area contributed by atoms with Crippen LogP contribution in [0.25, 0.3) is 0 Å². The molecule has 5 rings (SSSR count). The molecule has 0 saturated carbocycles. The first kappa shape index (κ1) is 72.7. The van der Waals surface area contributed by atoms with Crippen molar-refractivity contribution in [2.24, 2.45) is 17.6 Å². The van der Waals surface area contributed by atoms with Gasteiger partial charge in [-0.3, -0.25) is 48.1 Å². The quantitative estimate of drug-likeness (QED) is 0.0119. The molecule has 0 aliphatic carbocycles. The lowest BCUT2D eigenvalue weighted by Crippen LogP contribution is -2.55. The summed E-state index contributed by atoms with van der Waals surface area (Å²) in [7, 11) is 0. The predicted octanol–water partition coefficient (Wildman–Crippen LogP) is 3.03. The fourth-order valence-electron chi connectivity index (χ4n) is 10.5. The summed E-state index contributed by atoms with van der Waals surface area (Å²) in [6.07, 6.45) is 6.42. The summed E-state index contributed by atoms with van der Waals surface area (Å²) >= 11 is 0. The van der Waals surface area contributed by atoms with Crippen molar-refractivity contribution in [2.45, 2.75) is 199 Å². The number of ether oxygens (including phenoxy) is 5. The normalized spacial score (nSPS) is 25.0. The van der Waals surface area contributed by atoms with Crippen LogP contribution in [-0.4, -0.2) is 194 Å². The van der Waals surface area contributed by atoms with Crippen LogP contribution in [0.1, 0.15) is 132 Å². The topological polar surface area (TPSA) is 382 Å². The molecule has 13 atom stereocenters. The highest BCUT2D eigenvalue weighted by atomic mass is 16.6. The number of anilines is 1. The van der Waals surface area contributed by atoms with E-state index in [4.69, 9.17) is 29.4 Å². The molecule has 4 aliphatic rings. The van der Waals surface area contributed by atoms with Crippen molar-refractivity contribution >= 4 is 71.2 Å². The molecule has 496 valence electrons. The molecule has 0 unspecified atom stereocenters. The Balaban J connectivity index is 1.10. The number of hydrogen-bond donors (Lipinski definition) is 8. The van der Waals surface area contributed by atoms with E-state index in [1.165, 1.54) is 54.9 Å². The van der Waals surface area contributed by atoms with Gasteiger partial charge in [-0.15, -0.1) is 0 Å². The molecule has 0 aromatic heterocycles. The van der Waals surface area contributed by atoms with Gasteiger partial charge in [0.05, 0.1) is 42.9 Å². The van der Waals surface area contributed by atoms with E-state index in [0.29, 0.717) is 43.2 Å². The van der Waals surface area contributed by atoms with Crippen molar-refractivity contribution in [3.8, 4) is 0 Å². The average molecular weight is 1260 g/mol. The second kappa shape index (κ2) is 33.7. The van der Waals surface area contributed by atoms with E-state index in [-0.39, 0.29) is 101 Å². The molecular weight excluding hydrogens is 1170 g/mol. The van der Waals surface area contributed by atoms with Gasteiger partial charge in [0, 0.05) is 82.2 Å². The summed E-state index contributed by atoms with van der Waals surface area (Å²) in [4.78, 5) is 144. The number of cyclic esters (lactones) is 1. The first-order valence-corrected chi connectivity index (χ1v) is 30.5. The van der Waals surface area contributed by atoms with Crippen LogP contribution in [0.5, 0.6) is 0 Å². The lowest BCUT2D eigenvalue weighted by molar-refractivity contribution is -0.168. The Hall–Kier alpha value is -8.01. The highest BCUT2D eigenvalue weighted by Gasteiger charge is 2.47. The Morgan fingerprint density at radius 1 is 0.867 bits per heavy atom. The maximum absolute atomic E-state index is 13.9. The number of allylic oxidation sites excluding steroid dienone is 2. The van der Waals surface area contributed by atoms with Crippen LogP contribution >= 0.6 is 0 Å². The number of amides is 9. The van der Waals surface area contributed by atoms with Gasteiger partial charge < -0.3 is 75.8 Å². The highest BCUT2D eigenvalue weighted by molar-refractivity contribution is 6.12. The Labute approximate surface area is 524 Å². The zero-order valence-corrected chi connectivity index (χ0v) is 52.8. The molecule has 9 amide bonds. The number of aliphatic hydroxyl groups excluding tert-OH is 2. The van der Waals surface area contributed by atoms with Crippen molar-refractivity contribution in [3.05, 3.63) is 77.9 Å². The highest BCUT2D eigenvalue weighted by Crippen LogP contribution is 2.38. The number of esters is 2. The van der Waals surface area contributed by atoms with Gasteiger partial charge in [0.15, 0.2) is 6.10 Å². The number of primary amides is 1. The molecule has 27 heteroatoms. The molecule has 4 heterocycles. The summed E-state index contributed by atoms with van der Waals surface area (Å²) in [6.45, 7) is 14.8. The van der Waals surface area contributed by atoms with Gasteiger partial charge in [0.2, 0.25) is 29.5 Å². The molecule has 0 radical (unpaired) electrons. The average Bonchev–Trinajstić information content (AvgIpc) is 1.61. The van der Waals surface area contributed by atoms with Crippen LogP contribution in [-0.2, 0) is 73.4 Å². The maximum Gasteiger partial charge on any atom is 0.410 e. The van der Waals surface area contributed by atoms with E-state index < -0.39 is 120 Å². The van der Waals surface area contributed by atoms with Gasteiger partial charge in [-0.1, -0.05) is 63.6 Å². The number of carbonyl (C=O) groups excluding carboxylic acids is 11. The molecular formula is C63H90N8O19. The second-order valence-electron chi connectivity index (χ2n) is 24.0. The number of nitrogens with two attached hydrogens (primary N) is 1. The van der Waals surface area contributed by atoms with Crippen LogP contribution in [0.15, 0.2) is 72.4 Å². The predicted molar refractivity (Wildman–Crippen MR) is 324 cm³/mol. The minimum Gasteiger partial charge on any atom is -0.457 e. The van der Waals surface area contributed by atoms with Gasteiger partial charge in [-0.05, 0) is 96.1 Å². The van der Waals surface area contributed by atoms with Gasteiger partial charge in [0.25, 0.3) is 11.8 Å². The number of nitrogens with zero attached hydrogens (tertiary/aromatic N) is 3. The van der Waals surface area contributed by atoms with Crippen LogP contribution in [0.2, 0.25) is 0 Å². The molecule has 0 spiro atoms. The third-order valence-corrected chi connectivity index (χ3v) is 16.1. The summed E-state index contributed by atoms with van der Waals surface area (Å²) in [5.74, 6) is -6.42. The summed E-state index contributed by atoms with van der Waals surface area (Å²) in [6, 6.07) is 2.42. The number of epoxide rings is 1. The van der Waals surface area contributed by atoms with E-state index >= 15 is 0 Å². The first-order chi connectivity index (χ1) is 42.4. The monoisotopic (exact) mass is 1260 g/mol. The SMILES string of the molecule is CC[C@H](O)[C@@H](C)[C@H]1O[C@@H]1C[C@@](C)(O)/C=C/C=C(\C)[C@H]1OC(=O)C[C@H](O)CC[C@@](C)(OC(C)=O)[C@@H](OC(=O)N2CCN(C(=O)OCc3ccc(NC(=O)[C@@H](CC(N)=O)NC(=O)[C@@H](C)NC(=O)[C@H](C)NC(=O)CCCCCN4C(=O)C=CC4=O)cc3)CC2)/C=C/[C@@H]1C. The van der Waals surface area contributed by atoms with Gasteiger partial charge in [0.1, 0.15) is 36.4 Å². The number of benzene rings is 1. The fraction of sp³-hybridized carbons (Fsp3) is 0.603. The standard InChI is InChI=1S/C63H90N8O19/c1-10-47(74)39(4)56-48(87-56)35-62(8,85)26-14-15-37(2)55-38(3)17-22-49(63(9,90-42(7)72)27-25-45(73)33-54(79)89-55)88-61(84)70-31-29-69(30-32-70)60(83)86-36-43-18-20-44(21-19-43)67-59(82)46(34-50(64)75)68-58(81)41(6)66-57(80)40(5)65-51(76)16-12-11-13-28-71-52(77)23-24-53(71)78/h14-15,17-24,26,38-41,45-49,55-56,73-74,85H,10-13,16,25,27-36H2,1-9H3,(H2,64,75)(H,65,76)(H,66,80)(H,67,82)(H,68,81)/b22-17+,26-14+,37-15+/t38-,39+,40-,41+,45+,46+,47-,48+,49-,55+,56+,62-,63+/m0/s1. The van der Waals surface area contributed by atoms with Crippen LogP contribution in [0.4, 0.5) is 15.3 Å². The molecule has 4 aliphatic heterocycles. The van der Waals surface area contributed by atoms with Crippen molar-refractivity contribution in [1.82, 2.24) is 30.7 Å². The van der Waals surface area contributed by atoms with E-state index in [9.17, 15) is 68.1 Å². The minimum absolute atomic E-state index is 0.0139. The number of aliphatic hydroxyl groups is 3. The minimum atomic E-state index is -1.51. The lowest BCUT2D eigenvalue weighted by atomic mass is 9.88. The number of hydrogen-bond acceptors (Lipinski definition) is 19. The summed E-state index contributed by atoms with van der Waals surface area (Å²) in [5, 5.41) is 42.5.